The smallest absolute Gasteiger partial charge is 0.406 e. The Hall–Kier alpha value is -2.00. The number of alkyl halides is 3. The third-order valence-corrected chi connectivity index (χ3v) is 3.28. The lowest BCUT2D eigenvalue weighted by molar-refractivity contribution is -0.227. The third kappa shape index (κ3) is 3.76. The van der Waals surface area contributed by atoms with Gasteiger partial charge in [-0.1, -0.05) is 0 Å². The van der Waals surface area contributed by atoms with E-state index in [1.807, 2.05) is 0 Å². The van der Waals surface area contributed by atoms with Crippen LogP contribution in [0.15, 0.2) is 0 Å². The predicted molar refractivity (Wildman–Crippen MR) is 64.4 cm³/mol. The molecule has 120 valence electrons. The summed E-state index contributed by atoms with van der Waals surface area (Å²) >= 11 is 0. The second-order valence-electron chi connectivity index (χ2n) is 4.77. The zero-order chi connectivity index (χ0) is 16.3. The molecule has 0 radical (unpaired) electrons. The van der Waals surface area contributed by atoms with Crippen LogP contribution in [0, 0.1) is 5.41 Å². The highest BCUT2D eigenvalue weighted by Crippen LogP contribution is 2.45. The van der Waals surface area contributed by atoms with Gasteiger partial charge in [0.15, 0.2) is 5.41 Å². The Labute approximate surface area is 118 Å². The van der Waals surface area contributed by atoms with E-state index < -0.39 is 36.6 Å². The summed E-state index contributed by atoms with van der Waals surface area (Å²) in [6.07, 6.45) is -5.60. The summed E-state index contributed by atoms with van der Waals surface area (Å²) in [5.74, 6) is -2.28. The molecule has 0 aromatic heterocycles. The molecular formula is C11H16F3N3O4. The number of halogens is 3. The van der Waals surface area contributed by atoms with E-state index in [9.17, 15) is 27.6 Å². The van der Waals surface area contributed by atoms with E-state index in [0.717, 1.165) is 4.90 Å². The number of rotatable bonds is 4. The van der Waals surface area contributed by atoms with Gasteiger partial charge in [-0.25, -0.2) is 4.79 Å². The van der Waals surface area contributed by atoms with Crippen molar-refractivity contribution < 1.29 is 32.7 Å². The van der Waals surface area contributed by atoms with Crippen LogP contribution in [0.5, 0.6) is 0 Å². The highest BCUT2D eigenvalue weighted by atomic mass is 19.4. The fraction of sp³-hybridized carbons (Fsp3) is 0.727. The Morgan fingerprint density at radius 3 is 2.24 bits per heavy atom. The van der Waals surface area contributed by atoms with E-state index in [2.05, 4.69) is 10.6 Å². The van der Waals surface area contributed by atoms with Gasteiger partial charge in [0.2, 0.25) is 5.91 Å². The third-order valence-electron chi connectivity index (χ3n) is 3.28. The molecule has 1 aliphatic rings. The maximum absolute atomic E-state index is 12.9. The minimum Gasteiger partial charge on any atom is -0.481 e. The van der Waals surface area contributed by atoms with Gasteiger partial charge in [-0.2, -0.15) is 13.2 Å². The maximum Gasteiger partial charge on any atom is 0.406 e. The Morgan fingerprint density at radius 1 is 1.24 bits per heavy atom. The number of nitrogens with zero attached hydrogens (tertiary/aromatic N) is 1. The van der Waals surface area contributed by atoms with Crippen LogP contribution in [0.3, 0.4) is 0 Å². The summed E-state index contributed by atoms with van der Waals surface area (Å²) in [7, 11) is 0. The number of hydrogen-bond donors (Lipinski definition) is 3. The Bertz CT molecular complexity index is 441. The van der Waals surface area contributed by atoms with Crippen molar-refractivity contribution in [3.63, 3.8) is 0 Å². The van der Waals surface area contributed by atoms with Gasteiger partial charge < -0.3 is 20.6 Å². The lowest BCUT2D eigenvalue weighted by atomic mass is 9.86. The van der Waals surface area contributed by atoms with Gasteiger partial charge in [0.25, 0.3) is 0 Å². The number of carbonyl (C=O) groups is 3. The quantitative estimate of drug-likeness (QED) is 0.645. The Kier molecular flexibility index (Phi) is 5.02. The fourth-order valence-electron chi connectivity index (χ4n) is 2.03. The number of aliphatic carboxylic acids is 1. The number of carboxylic acids is 1. The first kappa shape index (κ1) is 17.1. The highest BCUT2D eigenvalue weighted by Gasteiger charge is 2.64. The van der Waals surface area contributed by atoms with Crippen LogP contribution in [-0.4, -0.2) is 60.3 Å². The summed E-state index contributed by atoms with van der Waals surface area (Å²) < 4.78 is 38.7. The van der Waals surface area contributed by atoms with Gasteiger partial charge in [0, 0.05) is 33.1 Å². The van der Waals surface area contributed by atoms with Gasteiger partial charge in [-0.05, 0) is 6.42 Å². The second-order valence-corrected chi connectivity index (χ2v) is 4.77. The van der Waals surface area contributed by atoms with Crippen LogP contribution >= 0.6 is 0 Å². The van der Waals surface area contributed by atoms with Gasteiger partial charge >= 0.3 is 18.2 Å². The molecule has 0 bridgehead atoms. The Balaban J connectivity index is 2.58. The molecule has 0 aromatic carbocycles. The molecule has 1 rings (SSSR count). The van der Waals surface area contributed by atoms with Crippen LogP contribution in [0.1, 0.15) is 13.3 Å². The molecule has 1 saturated heterocycles. The summed E-state index contributed by atoms with van der Waals surface area (Å²) in [6, 6.07) is -0.785. The molecule has 3 amide bonds. The topological polar surface area (TPSA) is 98.7 Å². The van der Waals surface area contributed by atoms with Crippen molar-refractivity contribution in [2.24, 2.45) is 5.41 Å². The largest absolute Gasteiger partial charge is 0.481 e. The zero-order valence-electron chi connectivity index (χ0n) is 11.3. The highest BCUT2D eigenvalue weighted by molar-refractivity contribution is 5.80. The molecular weight excluding hydrogens is 295 g/mol. The molecule has 1 unspecified atom stereocenters. The first-order valence-corrected chi connectivity index (χ1v) is 6.17. The van der Waals surface area contributed by atoms with Crippen LogP contribution in [0.25, 0.3) is 0 Å². The summed E-state index contributed by atoms with van der Waals surface area (Å²) in [4.78, 5) is 34.0. The molecule has 10 heteroatoms. The summed E-state index contributed by atoms with van der Waals surface area (Å²) in [5.41, 5.74) is -2.91. The van der Waals surface area contributed by atoms with Crippen molar-refractivity contribution in [2.75, 3.05) is 26.2 Å². The first-order valence-electron chi connectivity index (χ1n) is 6.17. The molecule has 1 atom stereocenters. The standard InChI is InChI=1S/C11H16F3N3O4/c1-7(18)15-3-4-16-9(21)17-5-2-10(6-17,8(19)20)11(12,13)14/h2-6H2,1H3,(H,15,18)(H,16,21)(H,19,20). The number of hydrogen-bond acceptors (Lipinski definition) is 3. The molecule has 3 N–H and O–H groups in total. The van der Waals surface area contributed by atoms with E-state index in [1.165, 1.54) is 6.92 Å². The van der Waals surface area contributed by atoms with Crippen molar-refractivity contribution in [1.82, 2.24) is 15.5 Å². The number of nitrogens with one attached hydrogen (secondary N) is 2. The molecule has 1 aliphatic heterocycles. The number of carbonyl (C=O) groups excluding carboxylic acids is 2. The predicted octanol–water partition coefficient (Wildman–Crippen LogP) is 0.171. The van der Waals surface area contributed by atoms with E-state index in [-0.39, 0.29) is 25.5 Å². The minimum atomic E-state index is -4.93. The monoisotopic (exact) mass is 311 g/mol. The van der Waals surface area contributed by atoms with Crippen molar-refractivity contribution >= 4 is 17.9 Å². The SMILES string of the molecule is CC(=O)NCCNC(=O)N1CCC(C(=O)O)(C(F)(F)F)C1. The van der Waals surface area contributed by atoms with Gasteiger partial charge in [-0.15, -0.1) is 0 Å². The van der Waals surface area contributed by atoms with Crippen LogP contribution < -0.4 is 10.6 Å². The molecule has 21 heavy (non-hydrogen) atoms. The summed E-state index contributed by atoms with van der Waals surface area (Å²) in [6.45, 7) is 0.252. The molecule has 0 saturated carbocycles. The van der Waals surface area contributed by atoms with E-state index in [1.54, 1.807) is 0 Å². The Morgan fingerprint density at radius 2 is 1.81 bits per heavy atom. The molecule has 0 aliphatic carbocycles. The molecule has 0 spiro atoms. The normalized spacial score (nSPS) is 22.0. The van der Waals surface area contributed by atoms with E-state index in [0.29, 0.717) is 0 Å². The second kappa shape index (κ2) is 6.19. The first-order chi connectivity index (χ1) is 9.60. The summed E-state index contributed by atoms with van der Waals surface area (Å²) in [5, 5.41) is 13.6. The van der Waals surface area contributed by atoms with Crippen LogP contribution in [0.2, 0.25) is 0 Å². The van der Waals surface area contributed by atoms with Crippen LogP contribution in [-0.2, 0) is 9.59 Å². The van der Waals surface area contributed by atoms with Crippen molar-refractivity contribution in [3.8, 4) is 0 Å². The van der Waals surface area contributed by atoms with Crippen molar-refractivity contribution in [2.45, 2.75) is 19.5 Å². The maximum atomic E-state index is 12.9. The fourth-order valence-corrected chi connectivity index (χ4v) is 2.03. The average molecular weight is 311 g/mol. The number of amides is 3. The van der Waals surface area contributed by atoms with Gasteiger partial charge in [-0.3, -0.25) is 9.59 Å². The minimum absolute atomic E-state index is 0.0427. The average Bonchev–Trinajstić information content (AvgIpc) is 2.80. The number of carboxylic acid groups (broad SMARTS) is 1. The van der Waals surface area contributed by atoms with Crippen molar-refractivity contribution in [1.29, 1.82) is 0 Å². The molecule has 1 fully saturated rings. The van der Waals surface area contributed by atoms with Crippen LogP contribution in [0.4, 0.5) is 18.0 Å². The number of urea groups is 1. The lowest BCUT2D eigenvalue weighted by Gasteiger charge is -2.27. The van der Waals surface area contributed by atoms with E-state index in [4.69, 9.17) is 5.11 Å². The van der Waals surface area contributed by atoms with E-state index >= 15 is 0 Å². The molecule has 1 heterocycles. The van der Waals surface area contributed by atoms with Gasteiger partial charge in [0.05, 0.1) is 0 Å². The van der Waals surface area contributed by atoms with Gasteiger partial charge in [0.1, 0.15) is 0 Å². The molecule has 0 aromatic rings. The zero-order valence-corrected chi connectivity index (χ0v) is 11.3. The molecule has 7 nitrogen and oxygen atoms in total. The van der Waals surface area contributed by atoms with Crippen molar-refractivity contribution in [3.05, 3.63) is 0 Å². The lowest BCUT2D eigenvalue weighted by Crippen LogP contribution is -2.49. The number of likely N-dealkylation sites (tertiary alicyclic amines) is 1.